The Morgan fingerprint density at radius 2 is 2.18 bits per heavy atom. The van der Waals surface area contributed by atoms with E-state index in [1.54, 1.807) is 6.08 Å². The average Bonchev–Trinajstić information content (AvgIpc) is 1.97. The van der Waals surface area contributed by atoms with Crippen molar-refractivity contribution in [2.75, 3.05) is 6.61 Å². The van der Waals surface area contributed by atoms with Gasteiger partial charge in [0.05, 0.1) is 0 Å². The molecule has 4 nitrogen and oxygen atoms in total. The predicted octanol–water partition coefficient (Wildman–Crippen LogP) is 0.617. The van der Waals surface area contributed by atoms with Crippen molar-refractivity contribution >= 4 is 11.9 Å². The number of ketones is 1. The number of hydrogen-bond acceptors (Lipinski definition) is 3. The first-order valence-electron chi connectivity index (χ1n) is 3.28. The lowest BCUT2D eigenvalue weighted by Crippen LogP contribution is -2.17. The van der Waals surface area contributed by atoms with E-state index in [0.29, 0.717) is 0 Å². The maximum Gasteiger partial charge on any atom is 0.404 e. The van der Waals surface area contributed by atoms with Crippen LogP contribution >= 0.6 is 0 Å². The highest BCUT2D eigenvalue weighted by atomic mass is 16.5. The van der Waals surface area contributed by atoms with Crippen LogP contribution in [-0.4, -0.2) is 18.5 Å². The van der Waals surface area contributed by atoms with Gasteiger partial charge in [-0.15, -0.1) is 0 Å². The van der Waals surface area contributed by atoms with E-state index in [0.717, 1.165) is 6.42 Å². The van der Waals surface area contributed by atoms with E-state index in [1.165, 1.54) is 6.08 Å². The van der Waals surface area contributed by atoms with Crippen LogP contribution in [0.15, 0.2) is 12.2 Å². The van der Waals surface area contributed by atoms with Gasteiger partial charge in [-0.25, -0.2) is 4.79 Å². The number of carbonyl (C=O) groups is 2. The lowest BCUT2D eigenvalue weighted by Gasteiger charge is -1.94. The van der Waals surface area contributed by atoms with Gasteiger partial charge in [0.15, 0.2) is 12.4 Å². The second-order valence-electron chi connectivity index (χ2n) is 1.88. The van der Waals surface area contributed by atoms with E-state index in [2.05, 4.69) is 10.5 Å². The molecule has 0 aromatic heterocycles. The van der Waals surface area contributed by atoms with Crippen molar-refractivity contribution in [3.05, 3.63) is 12.2 Å². The second-order valence-corrected chi connectivity index (χ2v) is 1.88. The second kappa shape index (κ2) is 5.46. The zero-order valence-electron chi connectivity index (χ0n) is 6.37. The molecule has 0 saturated carbocycles. The minimum absolute atomic E-state index is 0.259. The van der Waals surface area contributed by atoms with Gasteiger partial charge >= 0.3 is 6.09 Å². The summed E-state index contributed by atoms with van der Waals surface area (Å²) in [7, 11) is 0. The number of nitrogens with two attached hydrogens (primary N) is 1. The molecule has 0 spiro atoms. The maximum atomic E-state index is 10.7. The molecule has 11 heavy (non-hydrogen) atoms. The van der Waals surface area contributed by atoms with Crippen molar-refractivity contribution in [2.45, 2.75) is 13.3 Å². The topological polar surface area (TPSA) is 69.4 Å². The monoisotopic (exact) mass is 157 g/mol. The first-order valence-corrected chi connectivity index (χ1v) is 3.28. The van der Waals surface area contributed by atoms with Crippen LogP contribution in [0.4, 0.5) is 4.79 Å². The van der Waals surface area contributed by atoms with Gasteiger partial charge in [0.1, 0.15) is 0 Å². The van der Waals surface area contributed by atoms with Crippen LogP contribution in [0, 0.1) is 0 Å². The average molecular weight is 157 g/mol. The van der Waals surface area contributed by atoms with Gasteiger partial charge in [0, 0.05) is 0 Å². The molecule has 62 valence electrons. The van der Waals surface area contributed by atoms with E-state index in [9.17, 15) is 9.59 Å². The summed E-state index contributed by atoms with van der Waals surface area (Å²) >= 11 is 0. The van der Waals surface area contributed by atoms with Crippen molar-refractivity contribution in [3.63, 3.8) is 0 Å². The smallest absolute Gasteiger partial charge is 0.404 e. The summed E-state index contributed by atoms with van der Waals surface area (Å²) in [4.78, 5) is 20.7. The van der Waals surface area contributed by atoms with Gasteiger partial charge in [-0.1, -0.05) is 13.0 Å². The summed E-state index contributed by atoms with van der Waals surface area (Å²) < 4.78 is 4.24. The van der Waals surface area contributed by atoms with Gasteiger partial charge in [-0.3, -0.25) is 4.79 Å². The minimum Gasteiger partial charge on any atom is -0.441 e. The van der Waals surface area contributed by atoms with Gasteiger partial charge in [0.2, 0.25) is 0 Å². The zero-order chi connectivity index (χ0) is 8.69. The third kappa shape index (κ3) is 6.57. The van der Waals surface area contributed by atoms with Crippen molar-refractivity contribution in [1.82, 2.24) is 0 Å². The summed E-state index contributed by atoms with van der Waals surface area (Å²) in [5.41, 5.74) is 4.63. The van der Waals surface area contributed by atoms with Crippen molar-refractivity contribution in [1.29, 1.82) is 0 Å². The molecule has 0 aromatic rings. The number of ether oxygens (including phenoxy) is 1. The van der Waals surface area contributed by atoms with Crippen molar-refractivity contribution < 1.29 is 14.3 Å². The molecular formula is C7H11NO3. The number of amides is 1. The number of allylic oxidation sites excluding steroid dienone is 1. The lowest BCUT2D eigenvalue weighted by molar-refractivity contribution is -0.117. The van der Waals surface area contributed by atoms with Crippen LogP contribution in [0.3, 0.4) is 0 Å². The summed E-state index contributed by atoms with van der Waals surface area (Å²) in [5.74, 6) is -0.259. The molecule has 0 fully saturated rings. The van der Waals surface area contributed by atoms with Gasteiger partial charge in [0.25, 0.3) is 0 Å². The predicted molar refractivity (Wildman–Crippen MR) is 40.0 cm³/mol. The molecule has 0 aliphatic rings. The fourth-order valence-corrected chi connectivity index (χ4v) is 0.440. The molecule has 0 bridgehead atoms. The van der Waals surface area contributed by atoms with Crippen LogP contribution in [0.1, 0.15) is 13.3 Å². The fourth-order valence-electron chi connectivity index (χ4n) is 0.440. The Bertz CT molecular complexity index is 175. The van der Waals surface area contributed by atoms with E-state index in [4.69, 9.17) is 0 Å². The number of rotatable bonds is 4. The molecule has 0 aliphatic carbocycles. The molecule has 4 heteroatoms. The number of carbonyl (C=O) groups excluding carboxylic acids is 2. The summed E-state index contributed by atoms with van der Waals surface area (Å²) in [6.07, 6.45) is 2.90. The molecule has 0 rings (SSSR count). The van der Waals surface area contributed by atoms with Crippen molar-refractivity contribution in [3.8, 4) is 0 Å². The maximum absolute atomic E-state index is 10.7. The van der Waals surface area contributed by atoms with E-state index < -0.39 is 6.09 Å². The first-order chi connectivity index (χ1) is 5.16. The van der Waals surface area contributed by atoms with Gasteiger partial charge < -0.3 is 10.5 Å². The molecule has 0 aliphatic heterocycles. The SMILES string of the molecule is CCC=CC(=O)COC(N)=O. The minimum atomic E-state index is -0.928. The Balaban J connectivity index is 3.53. The molecule has 0 saturated heterocycles. The van der Waals surface area contributed by atoms with Crippen LogP contribution in [0.2, 0.25) is 0 Å². The van der Waals surface area contributed by atoms with Crippen LogP contribution in [0.25, 0.3) is 0 Å². The summed E-state index contributed by atoms with van der Waals surface area (Å²) in [6.45, 7) is 1.63. The van der Waals surface area contributed by atoms with Crippen LogP contribution < -0.4 is 5.73 Å². The normalized spacial score (nSPS) is 9.91. The molecule has 2 N–H and O–H groups in total. The Morgan fingerprint density at radius 1 is 1.55 bits per heavy atom. The van der Waals surface area contributed by atoms with E-state index >= 15 is 0 Å². The standard InChI is InChI=1S/C7H11NO3/c1-2-3-4-6(9)5-11-7(8)10/h3-4H,2,5H2,1H3,(H2,8,10). The Kier molecular flexibility index (Phi) is 4.81. The third-order valence-corrected chi connectivity index (χ3v) is 0.896. The molecule has 0 heterocycles. The highest BCUT2D eigenvalue weighted by molar-refractivity contribution is 5.91. The molecule has 0 radical (unpaired) electrons. The third-order valence-electron chi connectivity index (χ3n) is 0.896. The van der Waals surface area contributed by atoms with E-state index in [-0.39, 0.29) is 12.4 Å². The number of hydrogen-bond donors (Lipinski definition) is 1. The zero-order valence-corrected chi connectivity index (χ0v) is 6.37. The quantitative estimate of drug-likeness (QED) is 0.608. The van der Waals surface area contributed by atoms with Crippen LogP contribution in [0.5, 0.6) is 0 Å². The van der Waals surface area contributed by atoms with Crippen molar-refractivity contribution in [2.24, 2.45) is 5.73 Å². The molecule has 0 unspecified atom stereocenters. The summed E-state index contributed by atoms with van der Waals surface area (Å²) in [5, 5.41) is 0. The Morgan fingerprint density at radius 3 is 2.64 bits per heavy atom. The van der Waals surface area contributed by atoms with Gasteiger partial charge in [-0.2, -0.15) is 0 Å². The Labute approximate surface area is 65.0 Å². The summed E-state index contributed by atoms with van der Waals surface area (Å²) in [6, 6.07) is 0. The van der Waals surface area contributed by atoms with Gasteiger partial charge in [-0.05, 0) is 12.5 Å². The largest absolute Gasteiger partial charge is 0.441 e. The molecule has 1 amide bonds. The highest BCUT2D eigenvalue weighted by Gasteiger charge is 1.98. The fraction of sp³-hybridized carbons (Fsp3) is 0.429. The van der Waals surface area contributed by atoms with E-state index in [1.807, 2.05) is 6.92 Å². The number of primary amides is 1. The Hall–Kier alpha value is -1.32. The first kappa shape index (κ1) is 9.68. The van der Waals surface area contributed by atoms with Crippen LogP contribution in [-0.2, 0) is 9.53 Å². The molecule has 0 atom stereocenters. The molecule has 0 aromatic carbocycles. The lowest BCUT2D eigenvalue weighted by atomic mass is 10.3. The molecular weight excluding hydrogens is 146 g/mol. The highest BCUT2D eigenvalue weighted by Crippen LogP contribution is 1.83.